The van der Waals surface area contributed by atoms with E-state index >= 15 is 0 Å². The number of aromatic nitrogens is 4. The lowest BCUT2D eigenvalue weighted by Gasteiger charge is -2.32. The molecule has 3 aromatic carbocycles. The van der Waals surface area contributed by atoms with Gasteiger partial charge in [-0.15, -0.1) is 6.42 Å². The van der Waals surface area contributed by atoms with Crippen molar-refractivity contribution in [2.24, 2.45) is 0 Å². The fourth-order valence-corrected chi connectivity index (χ4v) is 7.13. The van der Waals surface area contributed by atoms with E-state index in [0.717, 1.165) is 11.8 Å². The number of thioether (sulfide) groups is 1. The standard InChI is InChI=1S/C34H27N7O6S2/c1-2-23-10-9-13-25(20-23)36-29(42)22-48-34-37-30(24-11-5-3-6-12-24)28(21-35)31(38-34)40-18-16-26(17-19-40)46-32-33(41(43)47-39-32)49(44,45)27-14-7-4-8-15-27/h1,3-15,20,26H,16-19,22H2,(H,36,42). The molecule has 3 heterocycles. The Hall–Kier alpha value is -5.90. The summed E-state index contributed by atoms with van der Waals surface area (Å²) in [5, 5.41) is 28.6. The molecule has 0 bridgehead atoms. The number of terminal acetylenes is 1. The number of ether oxygens (including phenoxy) is 1. The number of hydrogen-bond donors (Lipinski definition) is 1. The first kappa shape index (κ1) is 33.0. The lowest BCUT2D eigenvalue weighted by atomic mass is 10.0. The van der Waals surface area contributed by atoms with Crippen LogP contribution < -0.4 is 19.9 Å². The van der Waals surface area contributed by atoms with Crippen molar-refractivity contribution in [3.8, 4) is 35.6 Å². The molecule has 5 aromatic rings. The SMILES string of the molecule is C#Cc1cccc(NC(=O)CSc2nc(-c3ccccc3)c(C#N)c(N3CCC(Oc4no[n+]([O-])c4S(=O)(=O)c4ccccc4)CC3)n2)c1. The van der Waals surface area contributed by atoms with Gasteiger partial charge in [0.05, 0.1) is 21.5 Å². The van der Waals surface area contributed by atoms with Crippen LogP contribution in [-0.4, -0.2) is 54.4 Å². The predicted octanol–water partition coefficient (Wildman–Crippen LogP) is 4.23. The average molecular weight is 694 g/mol. The quantitative estimate of drug-likeness (QED) is 0.0954. The second-order valence-electron chi connectivity index (χ2n) is 10.8. The zero-order chi connectivity index (χ0) is 34.4. The number of nitrogens with zero attached hydrogens (tertiary/aromatic N) is 6. The molecule has 6 rings (SSSR count). The summed E-state index contributed by atoms with van der Waals surface area (Å²) in [6, 6.07) is 25.9. The highest BCUT2D eigenvalue weighted by atomic mass is 32.2. The topological polar surface area (TPSA) is 178 Å². The van der Waals surface area contributed by atoms with Crippen LogP contribution in [0.2, 0.25) is 0 Å². The average Bonchev–Trinajstić information content (AvgIpc) is 3.51. The molecule has 15 heteroatoms. The number of nitrogens with one attached hydrogen (secondary N) is 1. The van der Waals surface area contributed by atoms with Crippen LogP contribution in [0.5, 0.6) is 5.88 Å². The Morgan fingerprint density at radius 1 is 1.08 bits per heavy atom. The monoisotopic (exact) mass is 693 g/mol. The van der Waals surface area contributed by atoms with Crippen molar-refractivity contribution in [2.45, 2.75) is 34.0 Å². The molecule has 49 heavy (non-hydrogen) atoms. The Kier molecular flexibility index (Phi) is 9.75. The molecule has 0 atom stereocenters. The van der Waals surface area contributed by atoms with E-state index < -0.39 is 26.8 Å². The van der Waals surface area contributed by atoms with E-state index in [-0.39, 0.29) is 27.0 Å². The molecule has 1 aliphatic rings. The number of sulfone groups is 1. The third-order valence-corrected chi connectivity index (χ3v) is 10.1. The Morgan fingerprint density at radius 2 is 1.80 bits per heavy atom. The molecule has 1 fully saturated rings. The van der Waals surface area contributed by atoms with Crippen LogP contribution >= 0.6 is 11.8 Å². The Morgan fingerprint density at radius 3 is 2.49 bits per heavy atom. The van der Waals surface area contributed by atoms with Gasteiger partial charge in [0.2, 0.25) is 5.91 Å². The molecule has 0 aliphatic carbocycles. The van der Waals surface area contributed by atoms with E-state index in [1.165, 1.54) is 24.3 Å². The van der Waals surface area contributed by atoms with Gasteiger partial charge in [-0.1, -0.05) is 72.3 Å². The van der Waals surface area contributed by atoms with Crippen LogP contribution in [0, 0.1) is 28.9 Å². The van der Waals surface area contributed by atoms with Gasteiger partial charge in [0.1, 0.15) is 17.7 Å². The van der Waals surface area contributed by atoms with Crippen LogP contribution in [0.15, 0.2) is 105 Å². The molecular formula is C34H27N7O6S2. The maximum atomic E-state index is 13.2. The Labute approximate surface area is 286 Å². The summed E-state index contributed by atoms with van der Waals surface area (Å²) in [5.74, 6) is 2.23. The number of anilines is 2. The van der Waals surface area contributed by atoms with Crippen molar-refractivity contribution < 1.29 is 27.5 Å². The summed E-state index contributed by atoms with van der Waals surface area (Å²) in [7, 11) is -4.27. The van der Waals surface area contributed by atoms with Gasteiger partial charge in [-0.3, -0.25) is 9.42 Å². The number of carbonyl (C=O) groups excluding carboxylic acids is 1. The van der Waals surface area contributed by atoms with Crippen LogP contribution in [0.3, 0.4) is 0 Å². The molecule has 0 saturated carbocycles. The first-order valence-electron chi connectivity index (χ1n) is 14.9. The molecule has 1 N–H and O–H groups in total. The summed E-state index contributed by atoms with van der Waals surface area (Å²) in [6.07, 6.45) is 5.72. The van der Waals surface area contributed by atoms with E-state index in [1.807, 2.05) is 35.2 Å². The number of piperidine rings is 1. The van der Waals surface area contributed by atoms with Gasteiger partial charge >= 0.3 is 10.9 Å². The van der Waals surface area contributed by atoms with E-state index in [2.05, 4.69) is 32.1 Å². The van der Waals surface area contributed by atoms with Gasteiger partial charge < -0.3 is 20.2 Å². The van der Waals surface area contributed by atoms with Gasteiger partial charge in [0.25, 0.3) is 9.84 Å². The minimum Gasteiger partial charge on any atom is -0.451 e. The van der Waals surface area contributed by atoms with Crippen LogP contribution in [-0.2, 0) is 14.6 Å². The number of carbonyl (C=O) groups is 1. The molecule has 2 aromatic heterocycles. The van der Waals surface area contributed by atoms with Gasteiger partial charge in [-0.25, -0.2) is 18.4 Å². The third kappa shape index (κ3) is 7.33. The lowest BCUT2D eigenvalue weighted by Crippen LogP contribution is -2.39. The molecule has 246 valence electrons. The highest BCUT2D eigenvalue weighted by Crippen LogP contribution is 2.33. The molecule has 1 amide bonds. The maximum Gasteiger partial charge on any atom is 0.415 e. The minimum absolute atomic E-state index is 0.00139. The maximum absolute atomic E-state index is 13.2. The van der Waals surface area contributed by atoms with Gasteiger partial charge in [0, 0.05) is 42.7 Å². The number of hydrogen-bond acceptors (Lipinski definition) is 12. The summed E-state index contributed by atoms with van der Waals surface area (Å²) in [5.41, 5.74) is 2.61. The Balaban J connectivity index is 1.21. The summed E-state index contributed by atoms with van der Waals surface area (Å²) >= 11 is 1.13. The predicted molar refractivity (Wildman–Crippen MR) is 179 cm³/mol. The molecule has 1 aliphatic heterocycles. The van der Waals surface area contributed by atoms with Crippen LogP contribution in [0.25, 0.3) is 11.3 Å². The van der Waals surface area contributed by atoms with Gasteiger partial charge in [-0.05, 0) is 35.2 Å². The van der Waals surface area contributed by atoms with Crippen LogP contribution in [0.1, 0.15) is 24.0 Å². The second-order valence-corrected chi connectivity index (χ2v) is 13.6. The summed E-state index contributed by atoms with van der Waals surface area (Å²) in [4.78, 5) is 23.8. The fraction of sp³-hybridized carbons (Fsp3) is 0.176. The largest absolute Gasteiger partial charge is 0.451 e. The summed E-state index contributed by atoms with van der Waals surface area (Å²) < 4.78 is 36.9. The fourth-order valence-electron chi connectivity index (χ4n) is 5.21. The van der Waals surface area contributed by atoms with Crippen molar-refractivity contribution >= 4 is 39.0 Å². The molecular weight excluding hydrogens is 667 g/mol. The molecule has 0 radical (unpaired) electrons. The highest BCUT2D eigenvalue weighted by molar-refractivity contribution is 7.99. The lowest BCUT2D eigenvalue weighted by molar-refractivity contribution is -0.832. The third-order valence-electron chi connectivity index (χ3n) is 7.55. The second kappa shape index (κ2) is 14.5. The smallest absolute Gasteiger partial charge is 0.415 e. The first-order chi connectivity index (χ1) is 23.8. The highest BCUT2D eigenvalue weighted by Gasteiger charge is 2.38. The van der Waals surface area contributed by atoms with E-state index in [9.17, 15) is 23.7 Å². The molecule has 1 saturated heterocycles. The van der Waals surface area contributed by atoms with E-state index in [1.54, 1.807) is 30.3 Å². The molecule has 0 spiro atoms. The number of amides is 1. The van der Waals surface area contributed by atoms with Crippen molar-refractivity contribution in [1.29, 1.82) is 5.26 Å². The normalized spacial score (nSPS) is 13.3. The van der Waals surface area contributed by atoms with Crippen molar-refractivity contribution in [2.75, 3.05) is 29.1 Å². The zero-order valence-corrected chi connectivity index (χ0v) is 27.4. The minimum atomic E-state index is -4.27. The van der Waals surface area contributed by atoms with Gasteiger partial charge in [-0.2, -0.15) is 5.26 Å². The summed E-state index contributed by atoms with van der Waals surface area (Å²) in [6.45, 7) is 0.743. The van der Waals surface area contributed by atoms with Gasteiger partial charge in [0.15, 0.2) is 11.0 Å². The van der Waals surface area contributed by atoms with Crippen LogP contribution in [0.4, 0.5) is 11.5 Å². The zero-order valence-electron chi connectivity index (χ0n) is 25.7. The van der Waals surface area contributed by atoms with E-state index in [4.69, 9.17) is 16.1 Å². The molecule has 0 unspecified atom stereocenters. The first-order valence-corrected chi connectivity index (χ1v) is 17.4. The van der Waals surface area contributed by atoms with Crippen molar-refractivity contribution in [3.63, 3.8) is 0 Å². The Bertz CT molecular complexity index is 2170. The number of rotatable bonds is 10. The van der Waals surface area contributed by atoms with E-state index in [0.29, 0.717) is 59.4 Å². The van der Waals surface area contributed by atoms with Crippen molar-refractivity contribution in [1.82, 2.24) is 15.1 Å². The number of benzene rings is 3. The van der Waals surface area contributed by atoms with Crippen molar-refractivity contribution in [3.05, 3.63) is 101 Å². The molecule has 13 nitrogen and oxygen atoms in total. The number of nitriles is 1.